The van der Waals surface area contributed by atoms with Gasteiger partial charge in [0.1, 0.15) is 5.41 Å². The van der Waals surface area contributed by atoms with E-state index in [0.29, 0.717) is 13.0 Å². The minimum absolute atomic E-state index is 0.363. The van der Waals surface area contributed by atoms with Crippen LogP contribution in [0.5, 0.6) is 0 Å². The third-order valence-corrected chi connectivity index (χ3v) is 5.95. The summed E-state index contributed by atoms with van der Waals surface area (Å²) in [6, 6.07) is 0. The average Bonchev–Trinajstić information content (AvgIpc) is 2.72. The van der Waals surface area contributed by atoms with Crippen LogP contribution >= 0.6 is 0 Å². The zero-order valence-corrected chi connectivity index (χ0v) is 18.9. The first-order valence-corrected chi connectivity index (χ1v) is 12.1. The number of hydrogen-bond acceptors (Lipinski definition) is 4. The third-order valence-electron chi connectivity index (χ3n) is 5.95. The van der Waals surface area contributed by atoms with E-state index in [0.717, 1.165) is 12.8 Å². The number of unbranched alkanes of at least 4 members (excludes halogenated alkanes) is 15. The molecule has 0 radical (unpaired) electrons. The molecule has 0 aliphatic heterocycles. The molecule has 0 heterocycles. The van der Waals surface area contributed by atoms with E-state index in [1.807, 2.05) is 0 Å². The number of aliphatic hydroxyl groups excluding tert-OH is 2. The molecule has 0 aromatic rings. The molecular weight excluding hydrogens is 352 g/mol. The fraction of sp³-hybridized carbons (Fsp3) is 0.958. The van der Waals surface area contributed by atoms with Crippen molar-refractivity contribution in [3.63, 3.8) is 0 Å². The number of aliphatic hydroxyl groups is 2. The molecule has 168 valence electrons. The Kier molecular flexibility index (Phi) is 19.3. The summed E-state index contributed by atoms with van der Waals surface area (Å²) in [6.07, 6.45) is 21.4. The largest absolute Gasteiger partial charge is 0.465 e. The minimum Gasteiger partial charge on any atom is -0.465 e. The molecule has 2 N–H and O–H groups in total. The standard InChI is InChI=1S/C24H48O4/c1-3-5-6-7-8-9-10-11-12-13-14-15-16-17-18-19-20-28-23(27)24(4-2,21-25)22-26/h25-26H,3-22H2,1-2H3. The lowest BCUT2D eigenvalue weighted by Crippen LogP contribution is -2.39. The Morgan fingerprint density at radius 2 is 1.00 bits per heavy atom. The first-order chi connectivity index (χ1) is 13.7. The molecule has 0 rings (SSSR count). The molecule has 0 aromatic carbocycles. The second-order valence-corrected chi connectivity index (χ2v) is 8.39. The van der Waals surface area contributed by atoms with Gasteiger partial charge in [-0.1, -0.05) is 110 Å². The molecule has 0 amide bonds. The zero-order valence-electron chi connectivity index (χ0n) is 18.9. The monoisotopic (exact) mass is 400 g/mol. The van der Waals surface area contributed by atoms with Crippen LogP contribution in [0.15, 0.2) is 0 Å². The Labute approximate surface area is 174 Å². The summed E-state index contributed by atoms with van der Waals surface area (Å²) in [7, 11) is 0. The third kappa shape index (κ3) is 13.5. The normalized spacial score (nSPS) is 11.7. The van der Waals surface area contributed by atoms with Gasteiger partial charge >= 0.3 is 5.97 Å². The van der Waals surface area contributed by atoms with Crippen LogP contribution in [0.1, 0.15) is 123 Å². The van der Waals surface area contributed by atoms with Crippen molar-refractivity contribution in [3.05, 3.63) is 0 Å². The molecule has 0 aromatic heterocycles. The molecule has 0 bridgehead atoms. The quantitative estimate of drug-likeness (QED) is 0.178. The molecular formula is C24H48O4. The molecule has 0 spiro atoms. The molecule has 0 fully saturated rings. The van der Waals surface area contributed by atoms with Gasteiger partial charge in [-0.2, -0.15) is 0 Å². The summed E-state index contributed by atoms with van der Waals surface area (Å²) >= 11 is 0. The van der Waals surface area contributed by atoms with E-state index in [-0.39, 0.29) is 13.2 Å². The van der Waals surface area contributed by atoms with Gasteiger partial charge in [-0.15, -0.1) is 0 Å². The van der Waals surface area contributed by atoms with Gasteiger partial charge in [0, 0.05) is 0 Å². The highest BCUT2D eigenvalue weighted by atomic mass is 16.5. The number of hydrogen-bond donors (Lipinski definition) is 2. The summed E-state index contributed by atoms with van der Waals surface area (Å²) < 4.78 is 5.24. The molecule has 0 unspecified atom stereocenters. The maximum absolute atomic E-state index is 12.0. The van der Waals surface area contributed by atoms with Crippen LogP contribution in [0.2, 0.25) is 0 Å². The predicted molar refractivity (Wildman–Crippen MR) is 117 cm³/mol. The van der Waals surface area contributed by atoms with E-state index in [2.05, 4.69) is 6.92 Å². The van der Waals surface area contributed by atoms with Crippen molar-refractivity contribution < 1.29 is 19.7 Å². The van der Waals surface area contributed by atoms with Crippen molar-refractivity contribution in [1.82, 2.24) is 0 Å². The maximum Gasteiger partial charge on any atom is 0.316 e. The van der Waals surface area contributed by atoms with Gasteiger partial charge in [0.2, 0.25) is 0 Å². The van der Waals surface area contributed by atoms with E-state index < -0.39 is 11.4 Å². The lowest BCUT2D eigenvalue weighted by atomic mass is 9.87. The van der Waals surface area contributed by atoms with Crippen molar-refractivity contribution >= 4 is 5.97 Å². The van der Waals surface area contributed by atoms with Crippen molar-refractivity contribution in [3.8, 4) is 0 Å². The van der Waals surface area contributed by atoms with Crippen LogP contribution < -0.4 is 0 Å². The van der Waals surface area contributed by atoms with Crippen LogP contribution in [0.3, 0.4) is 0 Å². The number of esters is 1. The Morgan fingerprint density at radius 1 is 0.643 bits per heavy atom. The fourth-order valence-electron chi connectivity index (χ4n) is 3.52. The predicted octanol–water partition coefficient (Wildman–Crippen LogP) is 6.17. The van der Waals surface area contributed by atoms with Gasteiger partial charge in [-0.05, 0) is 12.8 Å². The molecule has 0 aliphatic rings. The van der Waals surface area contributed by atoms with Crippen molar-refractivity contribution in [2.24, 2.45) is 5.41 Å². The number of ether oxygens (including phenoxy) is 1. The Balaban J connectivity index is 3.33. The summed E-state index contributed by atoms with van der Waals surface area (Å²) in [5.74, 6) is -0.471. The van der Waals surface area contributed by atoms with Crippen molar-refractivity contribution in [2.75, 3.05) is 19.8 Å². The summed E-state index contributed by atoms with van der Waals surface area (Å²) in [5, 5.41) is 18.7. The molecule has 0 saturated heterocycles. The Bertz CT molecular complexity index is 331. The SMILES string of the molecule is CCCCCCCCCCCCCCCCCCOC(=O)C(CC)(CO)CO. The number of carbonyl (C=O) groups is 1. The van der Waals surface area contributed by atoms with Crippen LogP contribution in [0.4, 0.5) is 0 Å². The van der Waals surface area contributed by atoms with E-state index in [4.69, 9.17) is 4.74 Å². The van der Waals surface area contributed by atoms with Crippen LogP contribution in [-0.2, 0) is 9.53 Å². The van der Waals surface area contributed by atoms with Crippen molar-refractivity contribution in [1.29, 1.82) is 0 Å². The van der Waals surface area contributed by atoms with Gasteiger partial charge < -0.3 is 14.9 Å². The van der Waals surface area contributed by atoms with Crippen LogP contribution in [0, 0.1) is 5.41 Å². The van der Waals surface area contributed by atoms with Crippen LogP contribution in [-0.4, -0.2) is 36.0 Å². The van der Waals surface area contributed by atoms with Gasteiger partial charge in [-0.3, -0.25) is 4.79 Å². The smallest absolute Gasteiger partial charge is 0.316 e. The van der Waals surface area contributed by atoms with E-state index >= 15 is 0 Å². The molecule has 0 atom stereocenters. The number of rotatable bonds is 21. The zero-order chi connectivity index (χ0) is 20.9. The molecule has 4 nitrogen and oxygen atoms in total. The molecule has 28 heavy (non-hydrogen) atoms. The van der Waals surface area contributed by atoms with Gasteiger partial charge in [0.15, 0.2) is 0 Å². The van der Waals surface area contributed by atoms with Crippen molar-refractivity contribution in [2.45, 2.75) is 123 Å². The highest BCUT2D eigenvalue weighted by molar-refractivity contribution is 5.77. The Hall–Kier alpha value is -0.610. The highest BCUT2D eigenvalue weighted by Gasteiger charge is 2.37. The summed E-state index contributed by atoms with van der Waals surface area (Å²) in [5.41, 5.74) is -1.13. The molecule has 4 heteroatoms. The van der Waals surface area contributed by atoms with E-state index in [9.17, 15) is 15.0 Å². The van der Waals surface area contributed by atoms with Gasteiger partial charge in [-0.25, -0.2) is 0 Å². The van der Waals surface area contributed by atoms with Gasteiger partial charge in [0.25, 0.3) is 0 Å². The maximum atomic E-state index is 12.0. The summed E-state index contributed by atoms with van der Waals surface area (Å²) in [6.45, 7) is 3.71. The molecule has 0 saturated carbocycles. The second kappa shape index (κ2) is 19.7. The second-order valence-electron chi connectivity index (χ2n) is 8.39. The first-order valence-electron chi connectivity index (χ1n) is 12.1. The number of carbonyl (C=O) groups excluding carboxylic acids is 1. The highest BCUT2D eigenvalue weighted by Crippen LogP contribution is 2.22. The lowest BCUT2D eigenvalue weighted by Gasteiger charge is -2.25. The molecule has 0 aliphatic carbocycles. The fourth-order valence-corrected chi connectivity index (χ4v) is 3.52. The summed E-state index contributed by atoms with van der Waals surface area (Å²) in [4.78, 5) is 12.0. The topological polar surface area (TPSA) is 66.8 Å². The average molecular weight is 401 g/mol. The minimum atomic E-state index is -1.13. The van der Waals surface area contributed by atoms with E-state index in [1.54, 1.807) is 6.92 Å². The lowest BCUT2D eigenvalue weighted by molar-refractivity contribution is -0.162. The Morgan fingerprint density at radius 3 is 1.32 bits per heavy atom. The first kappa shape index (κ1) is 27.4. The van der Waals surface area contributed by atoms with Crippen LogP contribution in [0.25, 0.3) is 0 Å². The van der Waals surface area contributed by atoms with Gasteiger partial charge in [0.05, 0.1) is 19.8 Å². The van der Waals surface area contributed by atoms with E-state index in [1.165, 1.54) is 89.9 Å².